The van der Waals surface area contributed by atoms with Gasteiger partial charge in [0.15, 0.2) is 0 Å². The van der Waals surface area contributed by atoms with Crippen molar-refractivity contribution in [3.05, 3.63) is 69.2 Å². The molecule has 2 aromatic rings. The molecule has 1 atom stereocenters. The molecule has 0 radical (unpaired) electrons. The van der Waals surface area contributed by atoms with Crippen molar-refractivity contribution in [1.82, 2.24) is 0 Å². The summed E-state index contributed by atoms with van der Waals surface area (Å²) in [5.41, 5.74) is 4.32. The maximum Gasteiger partial charge on any atom is 0.104 e. The molecule has 2 heteroatoms. The Hall–Kier alpha value is -1.12. The van der Waals surface area contributed by atoms with E-state index >= 15 is 0 Å². The van der Waals surface area contributed by atoms with E-state index in [4.69, 9.17) is 0 Å². The van der Waals surface area contributed by atoms with Crippen LogP contribution < -0.4 is 0 Å². The van der Waals surface area contributed by atoms with Gasteiger partial charge in [-0.3, -0.25) is 0 Å². The first-order valence-electron chi connectivity index (χ1n) is 6.64. The minimum atomic E-state index is -0.551. The van der Waals surface area contributed by atoms with E-state index in [0.717, 1.165) is 34.0 Å². The van der Waals surface area contributed by atoms with Crippen molar-refractivity contribution in [3.8, 4) is 0 Å². The molecule has 1 nitrogen and oxygen atoms in total. The average Bonchev–Trinajstić information content (AvgIpc) is 2.39. The fourth-order valence-electron chi connectivity index (χ4n) is 2.33. The number of aliphatic hydroxyl groups is 1. The lowest BCUT2D eigenvalue weighted by Gasteiger charge is -2.15. The summed E-state index contributed by atoms with van der Waals surface area (Å²) in [5, 5.41) is 10.5. The van der Waals surface area contributed by atoms with Gasteiger partial charge in [-0.15, -0.1) is 0 Å². The van der Waals surface area contributed by atoms with E-state index in [-0.39, 0.29) is 0 Å². The Morgan fingerprint density at radius 2 is 1.95 bits per heavy atom. The summed E-state index contributed by atoms with van der Waals surface area (Å²) in [7, 11) is 0. The first-order chi connectivity index (χ1) is 9.11. The van der Waals surface area contributed by atoms with Crippen LogP contribution in [0.5, 0.6) is 0 Å². The van der Waals surface area contributed by atoms with Crippen LogP contribution in [0.1, 0.15) is 41.7 Å². The van der Waals surface area contributed by atoms with E-state index in [1.54, 1.807) is 0 Å². The van der Waals surface area contributed by atoms with Crippen molar-refractivity contribution in [2.45, 2.75) is 32.8 Å². The highest BCUT2D eigenvalue weighted by Crippen LogP contribution is 2.27. The lowest BCUT2D eigenvalue weighted by atomic mass is 9.95. The van der Waals surface area contributed by atoms with E-state index in [1.807, 2.05) is 37.3 Å². The molecule has 2 rings (SSSR count). The molecule has 0 aliphatic carbocycles. The molecule has 0 bridgehead atoms. The first-order valence-corrected chi connectivity index (χ1v) is 7.44. The van der Waals surface area contributed by atoms with Gasteiger partial charge in [0.1, 0.15) is 6.10 Å². The number of hydrogen-bond acceptors (Lipinski definition) is 1. The van der Waals surface area contributed by atoms with E-state index < -0.39 is 6.10 Å². The van der Waals surface area contributed by atoms with Crippen LogP contribution in [0, 0.1) is 6.92 Å². The fourth-order valence-corrected chi connectivity index (χ4v) is 2.81. The molecule has 1 N–H and O–H groups in total. The number of aryl methyl sites for hydroxylation is 2. The number of hydrogen-bond donors (Lipinski definition) is 1. The summed E-state index contributed by atoms with van der Waals surface area (Å²) in [4.78, 5) is 0. The van der Waals surface area contributed by atoms with Crippen LogP contribution in [0.4, 0.5) is 0 Å². The molecular formula is C17H19BrO. The lowest BCUT2D eigenvalue weighted by Crippen LogP contribution is -2.02. The molecule has 0 heterocycles. The standard InChI is InChI=1S/C17H19BrO/c1-3-5-13-6-4-7-14(11-13)17(19)16-9-8-15(18)10-12(16)2/h4,6-11,17,19H,3,5H2,1-2H3. The van der Waals surface area contributed by atoms with E-state index in [1.165, 1.54) is 5.56 Å². The van der Waals surface area contributed by atoms with Crippen molar-refractivity contribution < 1.29 is 5.11 Å². The topological polar surface area (TPSA) is 20.2 Å². The summed E-state index contributed by atoms with van der Waals surface area (Å²) in [6.07, 6.45) is 1.63. The Kier molecular flexibility index (Phi) is 4.78. The Morgan fingerprint density at radius 1 is 1.16 bits per heavy atom. The molecule has 1 unspecified atom stereocenters. The molecule has 0 amide bonds. The second kappa shape index (κ2) is 6.36. The largest absolute Gasteiger partial charge is 0.384 e. The zero-order chi connectivity index (χ0) is 13.8. The van der Waals surface area contributed by atoms with Gasteiger partial charge in [0.25, 0.3) is 0 Å². The van der Waals surface area contributed by atoms with Gasteiger partial charge in [0.05, 0.1) is 0 Å². The third kappa shape index (κ3) is 3.46. The normalized spacial score (nSPS) is 12.4. The Morgan fingerprint density at radius 3 is 2.63 bits per heavy atom. The number of rotatable bonds is 4. The molecule has 0 aromatic heterocycles. The molecule has 0 aliphatic rings. The zero-order valence-corrected chi connectivity index (χ0v) is 12.9. The molecule has 0 fully saturated rings. The summed E-state index contributed by atoms with van der Waals surface area (Å²) >= 11 is 3.45. The molecule has 0 saturated heterocycles. The number of halogens is 1. The van der Waals surface area contributed by atoms with Gasteiger partial charge < -0.3 is 5.11 Å². The maximum absolute atomic E-state index is 10.5. The van der Waals surface area contributed by atoms with Crippen molar-refractivity contribution in [2.75, 3.05) is 0 Å². The van der Waals surface area contributed by atoms with Crippen LogP contribution in [0.25, 0.3) is 0 Å². The SMILES string of the molecule is CCCc1cccc(C(O)c2ccc(Br)cc2C)c1. The zero-order valence-electron chi connectivity index (χ0n) is 11.4. The Bertz CT molecular complexity index is 563. The maximum atomic E-state index is 10.5. The first kappa shape index (κ1) is 14.3. The second-order valence-electron chi connectivity index (χ2n) is 4.90. The van der Waals surface area contributed by atoms with Crippen LogP contribution in [0.3, 0.4) is 0 Å². The van der Waals surface area contributed by atoms with Gasteiger partial charge in [-0.05, 0) is 47.7 Å². The highest BCUT2D eigenvalue weighted by atomic mass is 79.9. The van der Waals surface area contributed by atoms with Gasteiger partial charge in [-0.1, -0.05) is 59.6 Å². The molecule has 2 aromatic carbocycles. The third-order valence-electron chi connectivity index (χ3n) is 3.33. The lowest BCUT2D eigenvalue weighted by molar-refractivity contribution is 0.219. The summed E-state index contributed by atoms with van der Waals surface area (Å²) in [5.74, 6) is 0. The molecule has 0 saturated carbocycles. The van der Waals surface area contributed by atoms with E-state index in [2.05, 4.69) is 35.0 Å². The van der Waals surface area contributed by atoms with Crippen LogP contribution in [-0.4, -0.2) is 5.11 Å². The van der Waals surface area contributed by atoms with Crippen molar-refractivity contribution in [1.29, 1.82) is 0 Å². The van der Waals surface area contributed by atoms with Crippen molar-refractivity contribution in [3.63, 3.8) is 0 Å². The smallest absolute Gasteiger partial charge is 0.104 e. The Balaban J connectivity index is 2.32. The predicted octanol–water partition coefficient (Wildman–Crippen LogP) is 4.79. The van der Waals surface area contributed by atoms with E-state index in [0.29, 0.717) is 0 Å². The fraction of sp³-hybridized carbons (Fsp3) is 0.294. The van der Waals surface area contributed by atoms with E-state index in [9.17, 15) is 5.11 Å². The Labute approximate surface area is 123 Å². The van der Waals surface area contributed by atoms with Crippen LogP contribution in [-0.2, 0) is 6.42 Å². The molecule has 0 spiro atoms. The summed E-state index contributed by atoms with van der Waals surface area (Å²) in [6, 6.07) is 14.2. The molecule has 0 aliphatic heterocycles. The van der Waals surface area contributed by atoms with Gasteiger partial charge in [-0.25, -0.2) is 0 Å². The van der Waals surface area contributed by atoms with Gasteiger partial charge >= 0.3 is 0 Å². The van der Waals surface area contributed by atoms with Crippen LogP contribution in [0.15, 0.2) is 46.9 Å². The van der Waals surface area contributed by atoms with Crippen molar-refractivity contribution in [2.24, 2.45) is 0 Å². The van der Waals surface area contributed by atoms with Crippen molar-refractivity contribution >= 4 is 15.9 Å². The highest BCUT2D eigenvalue weighted by Gasteiger charge is 2.13. The molecule has 19 heavy (non-hydrogen) atoms. The predicted molar refractivity (Wildman–Crippen MR) is 83.4 cm³/mol. The van der Waals surface area contributed by atoms with Gasteiger partial charge in [0.2, 0.25) is 0 Å². The minimum Gasteiger partial charge on any atom is -0.384 e. The molecular weight excluding hydrogens is 300 g/mol. The molecule has 100 valence electrons. The second-order valence-corrected chi connectivity index (χ2v) is 5.81. The third-order valence-corrected chi connectivity index (χ3v) is 3.83. The average molecular weight is 319 g/mol. The highest BCUT2D eigenvalue weighted by molar-refractivity contribution is 9.10. The summed E-state index contributed by atoms with van der Waals surface area (Å²) < 4.78 is 1.04. The number of aliphatic hydroxyl groups excluding tert-OH is 1. The monoisotopic (exact) mass is 318 g/mol. The van der Waals surface area contributed by atoms with Gasteiger partial charge in [0, 0.05) is 4.47 Å². The summed E-state index contributed by atoms with van der Waals surface area (Å²) in [6.45, 7) is 4.20. The minimum absolute atomic E-state index is 0.551. The van der Waals surface area contributed by atoms with Gasteiger partial charge in [-0.2, -0.15) is 0 Å². The number of benzene rings is 2. The van der Waals surface area contributed by atoms with Crippen LogP contribution in [0.2, 0.25) is 0 Å². The van der Waals surface area contributed by atoms with Crippen LogP contribution >= 0.6 is 15.9 Å². The quantitative estimate of drug-likeness (QED) is 0.859.